The van der Waals surface area contributed by atoms with E-state index in [0.29, 0.717) is 0 Å². The van der Waals surface area contributed by atoms with Crippen LogP contribution >= 0.6 is 0 Å². The summed E-state index contributed by atoms with van der Waals surface area (Å²) >= 11 is 0. The number of hydrogen-bond donors (Lipinski definition) is 0. The van der Waals surface area contributed by atoms with Gasteiger partial charge in [-0.25, -0.2) is 9.37 Å². The molecule has 0 radical (unpaired) electrons. The quantitative estimate of drug-likeness (QED) is 0.572. The number of nitrogens with zero attached hydrogens (tertiary/aromatic N) is 1. The smallest absolute Gasteiger partial charge is 0.322 e. The Kier molecular flexibility index (Phi) is 4.38. The van der Waals surface area contributed by atoms with Crippen molar-refractivity contribution in [1.82, 2.24) is 4.98 Å². The van der Waals surface area contributed by atoms with Crippen molar-refractivity contribution in [2.45, 2.75) is 6.42 Å². The van der Waals surface area contributed by atoms with Crippen molar-refractivity contribution in [2.24, 2.45) is 0 Å². The van der Waals surface area contributed by atoms with Gasteiger partial charge in [0, 0.05) is 6.07 Å². The number of carbonyl (C=O) groups is 2. The first-order chi connectivity index (χ1) is 8.06. The summed E-state index contributed by atoms with van der Waals surface area (Å²) in [7, 11) is 2.46. The van der Waals surface area contributed by atoms with Gasteiger partial charge in [-0.1, -0.05) is 0 Å². The van der Waals surface area contributed by atoms with E-state index in [1.165, 1.54) is 7.11 Å². The first-order valence-electron chi connectivity index (χ1n) is 4.54. The van der Waals surface area contributed by atoms with E-state index in [1.54, 1.807) is 0 Å². The number of esters is 2. The van der Waals surface area contributed by atoms with E-state index >= 15 is 0 Å². The van der Waals surface area contributed by atoms with E-state index in [0.717, 1.165) is 19.4 Å². The molecule has 0 aliphatic rings. The topological polar surface area (TPSA) is 74.7 Å². The summed E-state index contributed by atoms with van der Waals surface area (Å²) < 4.78 is 26.8. The average Bonchev–Trinajstić information content (AvgIpc) is 2.31. The molecule has 1 heterocycles. The van der Waals surface area contributed by atoms with E-state index in [9.17, 15) is 14.0 Å². The van der Waals surface area contributed by atoms with Gasteiger partial charge in [0.15, 0.2) is 11.6 Å². The second kappa shape index (κ2) is 5.78. The van der Waals surface area contributed by atoms with Gasteiger partial charge in [-0.3, -0.25) is 9.59 Å². The van der Waals surface area contributed by atoms with Crippen LogP contribution in [0.2, 0.25) is 0 Å². The van der Waals surface area contributed by atoms with Gasteiger partial charge in [0.2, 0.25) is 5.88 Å². The molecule has 0 atom stereocenters. The summed E-state index contributed by atoms with van der Waals surface area (Å²) in [5, 5.41) is 0. The molecule has 0 bridgehead atoms. The van der Waals surface area contributed by atoms with Crippen molar-refractivity contribution < 1.29 is 28.2 Å². The largest absolute Gasteiger partial charge is 0.481 e. The Hall–Kier alpha value is -2.18. The zero-order valence-corrected chi connectivity index (χ0v) is 9.23. The molecule has 0 N–H and O–H groups in total. The minimum Gasteiger partial charge on any atom is -0.481 e. The van der Waals surface area contributed by atoms with Crippen LogP contribution in [0.25, 0.3) is 0 Å². The number of carbonyl (C=O) groups excluding carboxylic acids is 2. The molecule has 0 saturated carbocycles. The van der Waals surface area contributed by atoms with Crippen LogP contribution in [0.4, 0.5) is 4.39 Å². The number of hydrogen-bond acceptors (Lipinski definition) is 6. The van der Waals surface area contributed by atoms with Crippen LogP contribution in [0.3, 0.4) is 0 Å². The maximum atomic E-state index is 13.2. The fourth-order valence-corrected chi connectivity index (χ4v) is 0.941. The van der Waals surface area contributed by atoms with Gasteiger partial charge in [-0.2, -0.15) is 0 Å². The Morgan fingerprint density at radius 3 is 2.65 bits per heavy atom. The van der Waals surface area contributed by atoms with Crippen LogP contribution in [-0.2, 0) is 14.3 Å². The van der Waals surface area contributed by atoms with Gasteiger partial charge in [-0.15, -0.1) is 0 Å². The molecule has 6 nitrogen and oxygen atoms in total. The van der Waals surface area contributed by atoms with E-state index in [2.05, 4.69) is 14.5 Å². The lowest BCUT2D eigenvalue weighted by atomic mass is 10.4. The molecule has 0 unspecified atom stereocenters. The summed E-state index contributed by atoms with van der Waals surface area (Å²) in [6, 6.07) is 1.10. The fraction of sp³-hybridized carbons (Fsp3) is 0.300. The number of ether oxygens (including phenoxy) is 3. The highest BCUT2D eigenvalue weighted by Gasteiger charge is 2.15. The molecule has 0 fully saturated rings. The normalized spacial score (nSPS) is 9.59. The summed E-state index contributed by atoms with van der Waals surface area (Å²) in [5.74, 6) is -2.79. The summed E-state index contributed by atoms with van der Waals surface area (Å²) in [5.41, 5.74) is 0. The van der Waals surface area contributed by atoms with Crippen molar-refractivity contribution in [3.8, 4) is 11.6 Å². The molecule has 0 aliphatic carbocycles. The van der Waals surface area contributed by atoms with E-state index in [4.69, 9.17) is 4.74 Å². The predicted molar refractivity (Wildman–Crippen MR) is 53.0 cm³/mol. The van der Waals surface area contributed by atoms with Crippen LogP contribution in [0.1, 0.15) is 6.42 Å². The lowest BCUT2D eigenvalue weighted by Gasteiger charge is -2.05. The Morgan fingerprint density at radius 1 is 1.35 bits per heavy atom. The SMILES string of the molecule is COC(=O)CC(=O)Oc1cc(OC)ncc1F. The van der Waals surface area contributed by atoms with E-state index in [1.807, 2.05) is 0 Å². The fourth-order valence-electron chi connectivity index (χ4n) is 0.941. The number of halogens is 1. The molecular weight excluding hydrogens is 233 g/mol. The monoisotopic (exact) mass is 243 g/mol. The highest BCUT2D eigenvalue weighted by molar-refractivity contribution is 5.92. The molecule has 7 heteroatoms. The standard InChI is InChI=1S/C10H10FNO5/c1-15-8-3-7(6(11)5-12-8)17-10(14)4-9(13)16-2/h3,5H,4H2,1-2H3. The van der Waals surface area contributed by atoms with Crippen molar-refractivity contribution in [2.75, 3.05) is 14.2 Å². The molecule has 0 aliphatic heterocycles. The van der Waals surface area contributed by atoms with Crippen molar-refractivity contribution in [1.29, 1.82) is 0 Å². The third-order valence-corrected chi connectivity index (χ3v) is 1.74. The third-order valence-electron chi connectivity index (χ3n) is 1.74. The van der Waals surface area contributed by atoms with Gasteiger partial charge >= 0.3 is 11.9 Å². The number of pyridine rings is 1. The molecule has 1 aromatic heterocycles. The summed E-state index contributed by atoms with van der Waals surface area (Å²) in [6.45, 7) is 0. The minimum atomic E-state index is -0.927. The zero-order chi connectivity index (χ0) is 12.8. The predicted octanol–water partition coefficient (Wildman–Crippen LogP) is 0.698. The highest BCUT2D eigenvalue weighted by atomic mass is 19.1. The van der Waals surface area contributed by atoms with Crippen LogP contribution in [0, 0.1) is 5.82 Å². The van der Waals surface area contributed by atoms with E-state index < -0.39 is 24.2 Å². The molecule has 17 heavy (non-hydrogen) atoms. The Balaban J connectivity index is 2.73. The second-order valence-corrected chi connectivity index (χ2v) is 2.88. The van der Waals surface area contributed by atoms with Crippen molar-refractivity contribution >= 4 is 11.9 Å². The maximum absolute atomic E-state index is 13.2. The Labute approximate surface area is 96.3 Å². The van der Waals surface area contributed by atoms with E-state index in [-0.39, 0.29) is 11.6 Å². The first kappa shape index (κ1) is 12.9. The maximum Gasteiger partial charge on any atom is 0.322 e. The zero-order valence-electron chi connectivity index (χ0n) is 9.23. The third kappa shape index (κ3) is 3.71. The first-order valence-corrected chi connectivity index (χ1v) is 4.54. The van der Waals surface area contributed by atoms with Gasteiger partial charge in [-0.05, 0) is 0 Å². The number of methoxy groups -OCH3 is 2. The van der Waals surface area contributed by atoms with Crippen LogP contribution in [0.5, 0.6) is 11.6 Å². The summed E-state index contributed by atoms with van der Waals surface area (Å²) in [4.78, 5) is 25.5. The second-order valence-electron chi connectivity index (χ2n) is 2.88. The molecular formula is C10H10FNO5. The number of aromatic nitrogens is 1. The molecule has 0 amide bonds. The lowest BCUT2D eigenvalue weighted by Crippen LogP contribution is -2.15. The highest BCUT2D eigenvalue weighted by Crippen LogP contribution is 2.21. The number of rotatable bonds is 4. The average molecular weight is 243 g/mol. The van der Waals surface area contributed by atoms with Gasteiger partial charge < -0.3 is 14.2 Å². The lowest BCUT2D eigenvalue weighted by molar-refractivity contribution is -0.148. The van der Waals surface area contributed by atoms with Crippen molar-refractivity contribution in [3.05, 3.63) is 18.1 Å². The van der Waals surface area contributed by atoms with Crippen LogP contribution < -0.4 is 9.47 Å². The molecule has 0 saturated heterocycles. The molecule has 0 aromatic carbocycles. The van der Waals surface area contributed by atoms with Crippen molar-refractivity contribution in [3.63, 3.8) is 0 Å². The Morgan fingerprint density at radius 2 is 2.06 bits per heavy atom. The molecule has 1 rings (SSSR count). The van der Waals surface area contributed by atoms with Crippen LogP contribution in [0.15, 0.2) is 12.3 Å². The van der Waals surface area contributed by atoms with Gasteiger partial charge in [0.1, 0.15) is 6.42 Å². The molecule has 1 aromatic rings. The Bertz CT molecular complexity index is 435. The van der Waals surface area contributed by atoms with Gasteiger partial charge in [0.25, 0.3) is 0 Å². The summed E-state index contributed by atoms with van der Waals surface area (Å²) in [6.07, 6.45) is 0.250. The molecule has 92 valence electrons. The minimum absolute atomic E-state index is 0.0901. The van der Waals surface area contributed by atoms with Crippen LogP contribution in [-0.4, -0.2) is 31.1 Å². The van der Waals surface area contributed by atoms with Gasteiger partial charge in [0.05, 0.1) is 20.4 Å². The molecule has 0 spiro atoms.